The molecule has 1 aliphatic carbocycles. The number of methoxy groups -OCH3 is 1. The van der Waals surface area contributed by atoms with Gasteiger partial charge in [0.15, 0.2) is 5.96 Å². The first-order chi connectivity index (χ1) is 9.11. The number of guanidine groups is 1. The van der Waals surface area contributed by atoms with Crippen molar-refractivity contribution in [3.05, 3.63) is 35.6 Å². The van der Waals surface area contributed by atoms with E-state index in [1.807, 2.05) is 19.1 Å². The van der Waals surface area contributed by atoms with Gasteiger partial charge < -0.3 is 15.8 Å². The second-order valence-electron chi connectivity index (χ2n) is 4.95. The lowest BCUT2D eigenvalue weighted by Gasteiger charge is -2.13. The van der Waals surface area contributed by atoms with Crippen LogP contribution in [0.15, 0.2) is 29.3 Å². The number of rotatable bonds is 5. The van der Waals surface area contributed by atoms with Crippen LogP contribution in [-0.4, -0.2) is 31.8 Å². The third-order valence-electron chi connectivity index (χ3n) is 3.18. The van der Waals surface area contributed by atoms with Gasteiger partial charge in [-0.05, 0) is 25.0 Å². The molecule has 19 heavy (non-hydrogen) atoms. The maximum absolute atomic E-state index is 13.6. The number of nitrogens with one attached hydrogen (secondary N) is 1. The van der Waals surface area contributed by atoms with E-state index >= 15 is 0 Å². The first kappa shape index (κ1) is 13.8. The van der Waals surface area contributed by atoms with Crippen molar-refractivity contribution in [2.45, 2.75) is 31.3 Å². The van der Waals surface area contributed by atoms with E-state index in [-0.39, 0.29) is 23.8 Å². The van der Waals surface area contributed by atoms with Crippen LogP contribution in [0.3, 0.4) is 0 Å². The Balaban J connectivity index is 1.91. The summed E-state index contributed by atoms with van der Waals surface area (Å²) in [7, 11) is 1.64. The van der Waals surface area contributed by atoms with Crippen LogP contribution in [0, 0.1) is 5.82 Å². The Labute approximate surface area is 112 Å². The van der Waals surface area contributed by atoms with Crippen molar-refractivity contribution in [2.24, 2.45) is 10.7 Å². The fourth-order valence-corrected chi connectivity index (χ4v) is 2.19. The lowest BCUT2D eigenvalue weighted by Crippen LogP contribution is -2.40. The highest BCUT2D eigenvalue weighted by Gasteiger charge is 2.40. The molecule has 1 aliphatic rings. The van der Waals surface area contributed by atoms with Crippen molar-refractivity contribution in [3.8, 4) is 0 Å². The Morgan fingerprint density at radius 1 is 1.58 bits per heavy atom. The molecule has 0 aromatic heterocycles. The SMILES string of the molecule is COCC(C)NC(N)=N[C@@H]1C[C@H]1c1ccccc1F. The van der Waals surface area contributed by atoms with E-state index in [0.717, 1.165) is 12.0 Å². The number of nitrogens with two attached hydrogens (primary N) is 1. The van der Waals surface area contributed by atoms with Crippen LogP contribution >= 0.6 is 0 Å². The minimum Gasteiger partial charge on any atom is -0.383 e. The molecule has 4 nitrogen and oxygen atoms in total. The molecule has 3 atom stereocenters. The standard InChI is InChI=1S/C14H20FN3O/c1-9(8-19-2)17-14(16)18-13-7-11(13)10-5-3-4-6-12(10)15/h3-6,9,11,13H,7-8H2,1-2H3,(H3,16,17,18)/t9?,11-,13+/m0/s1. The molecule has 0 bridgehead atoms. The van der Waals surface area contributed by atoms with Gasteiger partial charge in [0.05, 0.1) is 12.6 Å². The maximum atomic E-state index is 13.6. The Kier molecular flexibility index (Phi) is 4.37. The smallest absolute Gasteiger partial charge is 0.189 e. The molecule has 0 saturated heterocycles. The van der Waals surface area contributed by atoms with Crippen molar-refractivity contribution in [2.75, 3.05) is 13.7 Å². The summed E-state index contributed by atoms with van der Waals surface area (Å²) in [5.41, 5.74) is 6.54. The second kappa shape index (κ2) is 6.02. The lowest BCUT2D eigenvalue weighted by atomic mass is 10.1. The maximum Gasteiger partial charge on any atom is 0.189 e. The summed E-state index contributed by atoms with van der Waals surface area (Å²) >= 11 is 0. The van der Waals surface area contributed by atoms with Crippen molar-refractivity contribution < 1.29 is 9.13 Å². The first-order valence-electron chi connectivity index (χ1n) is 6.45. The molecule has 1 fully saturated rings. The predicted octanol–water partition coefficient (Wildman–Crippen LogP) is 1.62. The number of ether oxygens (including phenoxy) is 1. The van der Waals surface area contributed by atoms with Crippen molar-refractivity contribution in [3.63, 3.8) is 0 Å². The number of halogens is 1. The minimum absolute atomic E-state index is 0.0825. The van der Waals surface area contributed by atoms with Crippen molar-refractivity contribution >= 4 is 5.96 Å². The average molecular weight is 265 g/mol. The molecule has 0 heterocycles. The molecule has 104 valence electrons. The van der Waals surface area contributed by atoms with Crippen LogP contribution in [0.1, 0.15) is 24.8 Å². The van der Waals surface area contributed by atoms with E-state index in [1.165, 1.54) is 6.07 Å². The average Bonchev–Trinajstić information content (AvgIpc) is 3.08. The summed E-state index contributed by atoms with van der Waals surface area (Å²) < 4.78 is 18.6. The highest BCUT2D eigenvalue weighted by atomic mass is 19.1. The van der Waals surface area contributed by atoms with Crippen LogP contribution < -0.4 is 11.1 Å². The highest BCUT2D eigenvalue weighted by Crippen LogP contribution is 2.44. The molecule has 1 aromatic rings. The Bertz CT molecular complexity index is 464. The predicted molar refractivity (Wildman–Crippen MR) is 73.6 cm³/mol. The summed E-state index contributed by atoms with van der Waals surface area (Å²) in [5, 5.41) is 3.05. The van der Waals surface area contributed by atoms with E-state index in [0.29, 0.717) is 12.6 Å². The van der Waals surface area contributed by atoms with Crippen LogP contribution in [0.5, 0.6) is 0 Å². The monoisotopic (exact) mass is 265 g/mol. The zero-order valence-electron chi connectivity index (χ0n) is 11.3. The largest absolute Gasteiger partial charge is 0.383 e. The van der Waals surface area contributed by atoms with Gasteiger partial charge in [-0.2, -0.15) is 0 Å². The molecule has 5 heteroatoms. The fraction of sp³-hybridized carbons (Fsp3) is 0.500. The minimum atomic E-state index is -0.163. The number of aliphatic imine (C=N–C) groups is 1. The highest BCUT2D eigenvalue weighted by molar-refractivity contribution is 5.78. The van der Waals surface area contributed by atoms with Crippen molar-refractivity contribution in [1.82, 2.24) is 5.32 Å². The number of hydrogen-bond donors (Lipinski definition) is 2. The molecule has 0 aliphatic heterocycles. The summed E-state index contributed by atoms with van der Waals surface area (Å²) in [6, 6.07) is 7.03. The van der Waals surface area contributed by atoms with Crippen LogP contribution in [0.4, 0.5) is 4.39 Å². The zero-order valence-corrected chi connectivity index (χ0v) is 11.3. The zero-order chi connectivity index (χ0) is 13.8. The quantitative estimate of drug-likeness (QED) is 0.628. The van der Waals surface area contributed by atoms with Crippen LogP contribution in [0.25, 0.3) is 0 Å². The second-order valence-corrected chi connectivity index (χ2v) is 4.95. The van der Waals surface area contributed by atoms with Gasteiger partial charge in [0.1, 0.15) is 5.82 Å². The molecular weight excluding hydrogens is 245 g/mol. The molecule has 0 amide bonds. The molecule has 1 unspecified atom stereocenters. The fourth-order valence-electron chi connectivity index (χ4n) is 2.19. The number of nitrogens with zero attached hydrogens (tertiary/aromatic N) is 1. The summed E-state index contributed by atoms with van der Waals surface area (Å²) in [6.07, 6.45) is 0.849. The molecule has 0 radical (unpaired) electrons. The van der Waals surface area contributed by atoms with Crippen LogP contribution in [-0.2, 0) is 4.74 Å². The summed E-state index contributed by atoms with van der Waals surface area (Å²) in [4.78, 5) is 4.37. The molecular formula is C14H20FN3O. The third-order valence-corrected chi connectivity index (χ3v) is 3.18. The van der Waals surface area contributed by atoms with Gasteiger partial charge in [0.25, 0.3) is 0 Å². The first-order valence-corrected chi connectivity index (χ1v) is 6.45. The van der Waals surface area contributed by atoms with Gasteiger partial charge in [-0.15, -0.1) is 0 Å². The molecule has 0 spiro atoms. The molecule has 1 aromatic carbocycles. The van der Waals surface area contributed by atoms with Gasteiger partial charge in [-0.1, -0.05) is 18.2 Å². The van der Waals surface area contributed by atoms with Gasteiger partial charge in [-0.25, -0.2) is 9.38 Å². The van der Waals surface area contributed by atoms with Gasteiger partial charge in [-0.3, -0.25) is 0 Å². The number of benzene rings is 1. The Morgan fingerprint density at radius 3 is 3.00 bits per heavy atom. The number of hydrogen-bond acceptors (Lipinski definition) is 2. The van der Waals surface area contributed by atoms with Crippen LogP contribution in [0.2, 0.25) is 0 Å². The third kappa shape index (κ3) is 3.67. The lowest BCUT2D eigenvalue weighted by molar-refractivity contribution is 0.179. The normalized spacial score (nSPS) is 24.1. The van der Waals surface area contributed by atoms with E-state index < -0.39 is 0 Å². The van der Waals surface area contributed by atoms with Gasteiger partial charge in [0.2, 0.25) is 0 Å². The molecule has 2 rings (SSSR count). The molecule has 3 N–H and O–H groups in total. The van der Waals surface area contributed by atoms with Gasteiger partial charge in [0, 0.05) is 19.1 Å². The Hall–Kier alpha value is -1.62. The van der Waals surface area contributed by atoms with Gasteiger partial charge >= 0.3 is 0 Å². The topological polar surface area (TPSA) is 59.6 Å². The van der Waals surface area contributed by atoms with Crippen molar-refractivity contribution in [1.29, 1.82) is 0 Å². The van der Waals surface area contributed by atoms with E-state index in [4.69, 9.17) is 10.5 Å². The van der Waals surface area contributed by atoms with E-state index in [1.54, 1.807) is 13.2 Å². The summed E-state index contributed by atoms with van der Waals surface area (Å²) in [5.74, 6) is 0.386. The Morgan fingerprint density at radius 2 is 2.32 bits per heavy atom. The van der Waals surface area contributed by atoms with E-state index in [2.05, 4.69) is 10.3 Å². The summed E-state index contributed by atoms with van der Waals surface area (Å²) in [6.45, 7) is 2.53. The molecule has 1 saturated carbocycles. The van der Waals surface area contributed by atoms with E-state index in [9.17, 15) is 4.39 Å².